The van der Waals surface area contributed by atoms with Crippen molar-refractivity contribution in [1.82, 2.24) is 14.8 Å². The maximum Gasteiger partial charge on any atom is 0.249 e. The molecule has 0 unspecified atom stereocenters. The van der Waals surface area contributed by atoms with Crippen LogP contribution in [0.3, 0.4) is 0 Å². The Kier molecular flexibility index (Phi) is 4.99. The molecule has 3 aromatic rings. The number of thiazole rings is 1. The van der Waals surface area contributed by atoms with Gasteiger partial charge in [0.25, 0.3) is 0 Å². The van der Waals surface area contributed by atoms with E-state index >= 15 is 0 Å². The topological polar surface area (TPSA) is 59.8 Å². The molecule has 2 heterocycles. The first-order chi connectivity index (χ1) is 12.0. The second kappa shape index (κ2) is 7.35. The van der Waals surface area contributed by atoms with Crippen LogP contribution in [0.4, 0.5) is 14.6 Å². The van der Waals surface area contributed by atoms with Crippen molar-refractivity contribution in [2.75, 3.05) is 5.32 Å². The molecule has 128 valence electrons. The molecule has 0 fully saturated rings. The molecule has 1 amide bonds. The summed E-state index contributed by atoms with van der Waals surface area (Å²) in [7, 11) is 0. The van der Waals surface area contributed by atoms with E-state index in [2.05, 4.69) is 15.4 Å². The highest BCUT2D eigenvalue weighted by molar-refractivity contribution is 7.10. The van der Waals surface area contributed by atoms with Crippen molar-refractivity contribution >= 4 is 29.1 Å². The third-order valence-electron chi connectivity index (χ3n) is 3.42. The van der Waals surface area contributed by atoms with E-state index in [-0.39, 0.29) is 18.0 Å². The van der Waals surface area contributed by atoms with Gasteiger partial charge in [-0.25, -0.2) is 18.4 Å². The Bertz CT molecular complexity index is 919. The summed E-state index contributed by atoms with van der Waals surface area (Å²) in [4.78, 5) is 16.1. The number of benzene rings is 1. The number of rotatable bonds is 5. The molecule has 25 heavy (non-hydrogen) atoms. The van der Waals surface area contributed by atoms with Gasteiger partial charge < -0.3 is 5.32 Å². The molecule has 1 aromatic carbocycles. The van der Waals surface area contributed by atoms with Crippen LogP contribution in [-0.2, 0) is 11.3 Å². The quantitative estimate of drug-likeness (QED) is 0.707. The van der Waals surface area contributed by atoms with E-state index in [1.54, 1.807) is 25.4 Å². The van der Waals surface area contributed by atoms with Crippen LogP contribution in [0.5, 0.6) is 0 Å². The fraction of sp³-hybridized carbons (Fsp3) is 0.118. The van der Waals surface area contributed by atoms with Gasteiger partial charge in [0.15, 0.2) is 0 Å². The van der Waals surface area contributed by atoms with E-state index in [1.165, 1.54) is 22.1 Å². The van der Waals surface area contributed by atoms with Gasteiger partial charge in [0.1, 0.15) is 22.5 Å². The van der Waals surface area contributed by atoms with E-state index < -0.39 is 11.6 Å². The van der Waals surface area contributed by atoms with E-state index in [4.69, 9.17) is 0 Å². The largest absolute Gasteiger partial charge is 0.307 e. The minimum atomic E-state index is -0.532. The summed E-state index contributed by atoms with van der Waals surface area (Å²) in [5.41, 5.74) is 0.865. The molecule has 0 aliphatic heterocycles. The molecule has 0 bridgehead atoms. The van der Waals surface area contributed by atoms with Crippen molar-refractivity contribution in [3.63, 3.8) is 0 Å². The number of carbonyl (C=O) groups is 1. The maximum absolute atomic E-state index is 13.8. The minimum absolute atomic E-state index is 0.00322. The number of nitrogens with zero attached hydrogens (tertiary/aromatic N) is 3. The van der Waals surface area contributed by atoms with Gasteiger partial charge in [0.2, 0.25) is 5.91 Å². The van der Waals surface area contributed by atoms with Gasteiger partial charge in [-0.2, -0.15) is 5.10 Å². The number of halogens is 2. The first-order valence-corrected chi connectivity index (χ1v) is 8.26. The normalized spacial score (nSPS) is 11.2. The summed E-state index contributed by atoms with van der Waals surface area (Å²) in [6.45, 7) is 1.77. The van der Waals surface area contributed by atoms with Crippen LogP contribution < -0.4 is 5.32 Å². The number of hydrogen-bond acceptors (Lipinski definition) is 4. The van der Waals surface area contributed by atoms with Crippen LogP contribution in [0.25, 0.3) is 6.08 Å². The van der Waals surface area contributed by atoms with E-state index in [1.807, 2.05) is 5.38 Å². The second-order valence-electron chi connectivity index (χ2n) is 5.26. The smallest absolute Gasteiger partial charge is 0.249 e. The van der Waals surface area contributed by atoms with Crippen molar-refractivity contribution in [3.05, 3.63) is 69.8 Å². The third-order valence-corrected chi connectivity index (χ3v) is 4.16. The predicted molar refractivity (Wildman–Crippen MR) is 92.2 cm³/mol. The molecule has 2 aromatic heterocycles. The standard InChI is InChI=1S/C17H14F2N4OS/c1-11-9-21-23(10-12-8-13(18)2-3-14(12)19)17(11)22-15(24)4-5-16-20-6-7-25-16/h2-9H,10H2,1H3,(H,22,24)/b5-4-. The van der Waals surface area contributed by atoms with Gasteiger partial charge in [0.05, 0.1) is 12.7 Å². The molecule has 0 aliphatic rings. The first kappa shape index (κ1) is 17.0. The number of anilines is 1. The van der Waals surface area contributed by atoms with Gasteiger partial charge in [-0.1, -0.05) is 0 Å². The van der Waals surface area contributed by atoms with Gasteiger partial charge in [-0.15, -0.1) is 11.3 Å². The number of aromatic nitrogens is 3. The SMILES string of the molecule is Cc1cnn(Cc2cc(F)ccc2F)c1NC(=O)/C=C\c1nccs1. The van der Waals surface area contributed by atoms with Gasteiger partial charge >= 0.3 is 0 Å². The van der Waals surface area contributed by atoms with Gasteiger partial charge in [-0.3, -0.25) is 4.79 Å². The van der Waals surface area contributed by atoms with Crippen LogP contribution in [0.2, 0.25) is 0 Å². The lowest BCUT2D eigenvalue weighted by atomic mass is 10.2. The predicted octanol–water partition coefficient (Wildman–Crippen LogP) is 3.63. The Labute approximate surface area is 146 Å². The van der Waals surface area contributed by atoms with E-state index in [9.17, 15) is 13.6 Å². The number of hydrogen-bond donors (Lipinski definition) is 1. The van der Waals surface area contributed by atoms with Crippen molar-refractivity contribution in [2.45, 2.75) is 13.5 Å². The monoisotopic (exact) mass is 360 g/mol. The highest BCUT2D eigenvalue weighted by Gasteiger charge is 2.12. The first-order valence-electron chi connectivity index (χ1n) is 7.38. The molecule has 0 aliphatic carbocycles. The van der Waals surface area contributed by atoms with Crippen LogP contribution in [0, 0.1) is 18.6 Å². The fourth-order valence-corrected chi connectivity index (χ4v) is 2.74. The van der Waals surface area contributed by atoms with E-state index in [0.717, 1.165) is 18.2 Å². The van der Waals surface area contributed by atoms with Crippen LogP contribution in [-0.4, -0.2) is 20.7 Å². The molecule has 5 nitrogen and oxygen atoms in total. The Balaban J connectivity index is 1.77. The van der Waals surface area contributed by atoms with Crippen LogP contribution in [0.1, 0.15) is 16.1 Å². The Hall–Kier alpha value is -2.87. The van der Waals surface area contributed by atoms with Gasteiger partial charge in [0, 0.05) is 28.8 Å². The molecule has 0 atom stereocenters. The molecule has 8 heteroatoms. The lowest BCUT2D eigenvalue weighted by Crippen LogP contribution is -2.15. The molecular formula is C17H14F2N4OS. The summed E-state index contributed by atoms with van der Waals surface area (Å²) in [6, 6.07) is 3.23. The van der Waals surface area contributed by atoms with Crippen molar-refractivity contribution in [3.8, 4) is 0 Å². The molecular weight excluding hydrogens is 346 g/mol. The molecule has 1 N–H and O–H groups in total. The highest BCUT2D eigenvalue weighted by Crippen LogP contribution is 2.18. The van der Waals surface area contributed by atoms with Crippen LogP contribution in [0.15, 0.2) is 42.0 Å². The molecule has 0 spiro atoms. The second-order valence-corrected chi connectivity index (χ2v) is 6.19. The zero-order valence-electron chi connectivity index (χ0n) is 13.2. The van der Waals surface area contributed by atoms with E-state index in [0.29, 0.717) is 16.4 Å². The Morgan fingerprint density at radius 3 is 3.00 bits per heavy atom. The number of aryl methyl sites for hydroxylation is 1. The molecule has 3 rings (SSSR count). The van der Waals surface area contributed by atoms with Crippen molar-refractivity contribution in [2.24, 2.45) is 0 Å². The maximum atomic E-state index is 13.8. The van der Waals surface area contributed by atoms with Crippen molar-refractivity contribution in [1.29, 1.82) is 0 Å². The van der Waals surface area contributed by atoms with Gasteiger partial charge in [-0.05, 0) is 31.2 Å². The lowest BCUT2D eigenvalue weighted by Gasteiger charge is -2.10. The Morgan fingerprint density at radius 2 is 2.24 bits per heavy atom. The summed E-state index contributed by atoms with van der Waals surface area (Å²) in [6.07, 6.45) is 6.16. The average Bonchev–Trinajstić information content (AvgIpc) is 3.21. The Morgan fingerprint density at radius 1 is 1.40 bits per heavy atom. The molecule has 0 saturated heterocycles. The molecule has 0 saturated carbocycles. The fourth-order valence-electron chi connectivity index (χ4n) is 2.21. The average molecular weight is 360 g/mol. The highest BCUT2D eigenvalue weighted by atomic mass is 32.1. The third kappa shape index (κ3) is 4.16. The minimum Gasteiger partial charge on any atom is -0.307 e. The summed E-state index contributed by atoms with van der Waals surface area (Å²) in [5, 5.41) is 9.35. The van der Waals surface area contributed by atoms with Crippen LogP contribution >= 0.6 is 11.3 Å². The zero-order valence-corrected chi connectivity index (χ0v) is 14.1. The summed E-state index contributed by atoms with van der Waals surface area (Å²) < 4.78 is 28.6. The number of nitrogens with one attached hydrogen (secondary N) is 1. The number of amides is 1. The molecule has 0 radical (unpaired) electrons. The summed E-state index contributed by atoms with van der Waals surface area (Å²) >= 11 is 1.41. The zero-order chi connectivity index (χ0) is 17.8. The summed E-state index contributed by atoms with van der Waals surface area (Å²) in [5.74, 6) is -0.995. The van der Waals surface area contributed by atoms with Crippen molar-refractivity contribution < 1.29 is 13.6 Å². The number of carbonyl (C=O) groups excluding carboxylic acids is 1. The lowest BCUT2D eigenvalue weighted by molar-refractivity contribution is -0.111.